The first kappa shape index (κ1) is 18.3. The average Bonchev–Trinajstić information content (AvgIpc) is 3.16. The minimum Gasteiger partial charge on any atom is -0.486 e. The second-order valence-electron chi connectivity index (χ2n) is 6.28. The smallest absolute Gasteiger partial charge is 0.291 e. The first-order chi connectivity index (χ1) is 13.6. The van der Waals surface area contributed by atoms with E-state index in [1.165, 1.54) is 0 Å². The molecule has 0 fully saturated rings. The Morgan fingerprint density at radius 3 is 2.71 bits per heavy atom. The number of rotatable bonds is 5. The average molecular weight is 400 g/mol. The Hall–Kier alpha value is -3.12. The molecule has 0 unspecified atom stereocenters. The van der Waals surface area contributed by atoms with Crippen molar-refractivity contribution in [3.05, 3.63) is 70.6 Å². The summed E-state index contributed by atoms with van der Waals surface area (Å²) in [7, 11) is 0. The van der Waals surface area contributed by atoms with E-state index in [1.54, 1.807) is 42.5 Å². The second-order valence-corrected chi connectivity index (χ2v) is 6.71. The maximum Gasteiger partial charge on any atom is 0.291 e. The number of amides is 1. The molecule has 6 nitrogen and oxygen atoms in total. The molecule has 0 radical (unpaired) electrons. The van der Waals surface area contributed by atoms with Crippen LogP contribution in [-0.4, -0.2) is 19.1 Å². The molecule has 2 aromatic carbocycles. The molecule has 0 saturated carbocycles. The maximum atomic E-state index is 12.4. The van der Waals surface area contributed by atoms with E-state index in [9.17, 15) is 4.79 Å². The summed E-state index contributed by atoms with van der Waals surface area (Å²) in [5.74, 6) is 2.37. The largest absolute Gasteiger partial charge is 0.486 e. The molecule has 1 aromatic heterocycles. The summed E-state index contributed by atoms with van der Waals surface area (Å²) in [6.07, 6.45) is 0. The molecule has 0 aliphatic carbocycles. The second kappa shape index (κ2) is 7.86. The Bertz CT molecular complexity index is 1010. The molecule has 1 N–H and O–H groups in total. The third-order valence-electron chi connectivity index (χ3n) is 4.19. The van der Waals surface area contributed by atoms with Crippen molar-refractivity contribution in [2.75, 3.05) is 18.5 Å². The van der Waals surface area contributed by atoms with E-state index in [1.807, 2.05) is 13.0 Å². The number of nitrogens with one attached hydrogen (secondary N) is 1. The predicted molar refractivity (Wildman–Crippen MR) is 105 cm³/mol. The number of ether oxygens (including phenoxy) is 3. The monoisotopic (exact) mass is 399 g/mol. The van der Waals surface area contributed by atoms with Crippen molar-refractivity contribution in [2.24, 2.45) is 0 Å². The Morgan fingerprint density at radius 2 is 1.89 bits per heavy atom. The van der Waals surface area contributed by atoms with Gasteiger partial charge in [0.1, 0.15) is 31.3 Å². The van der Waals surface area contributed by atoms with Crippen LogP contribution < -0.4 is 19.5 Å². The van der Waals surface area contributed by atoms with E-state index < -0.39 is 0 Å². The summed E-state index contributed by atoms with van der Waals surface area (Å²) in [5, 5.41) is 3.44. The van der Waals surface area contributed by atoms with Gasteiger partial charge in [-0.1, -0.05) is 11.6 Å². The summed E-state index contributed by atoms with van der Waals surface area (Å²) < 4.78 is 22.3. The van der Waals surface area contributed by atoms with Gasteiger partial charge in [-0.3, -0.25) is 4.79 Å². The standard InChI is InChI=1S/C21H18ClNO5/c1-13-10-14(22)2-5-17(13)27-12-16-4-7-19(28-16)21(24)23-15-3-6-18-20(11-15)26-9-8-25-18/h2-7,10-11H,8-9,12H2,1H3,(H,23,24). The summed E-state index contributed by atoms with van der Waals surface area (Å²) in [6.45, 7) is 3.12. The van der Waals surface area contributed by atoms with Crippen LogP contribution in [0.15, 0.2) is 52.9 Å². The van der Waals surface area contributed by atoms with Crippen LogP contribution in [-0.2, 0) is 6.61 Å². The molecule has 3 aromatic rings. The number of aryl methyl sites for hydroxylation is 1. The van der Waals surface area contributed by atoms with Crippen molar-refractivity contribution in [1.29, 1.82) is 0 Å². The number of hydrogen-bond acceptors (Lipinski definition) is 5. The van der Waals surface area contributed by atoms with Gasteiger partial charge < -0.3 is 23.9 Å². The lowest BCUT2D eigenvalue weighted by Crippen LogP contribution is -2.16. The fraction of sp³-hybridized carbons (Fsp3) is 0.190. The molecule has 4 rings (SSSR count). The first-order valence-electron chi connectivity index (χ1n) is 8.77. The van der Waals surface area contributed by atoms with Crippen LogP contribution in [0, 0.1) is 6.92 Å². The topological polar surface area (TPSA) is 69.9 Å². The molecule has 0 saturated heterocycles. The van der Waals surface area contributed by atoms with Gasteiger partial charge in [-0.25, -0.2) is 0 Å². The van der Waals surface area contributed by atoms with Gasteiger partial charge in [0.15, 0.2) is 17.3 Å². The van der Waals surface area contributed by atoms with Crippen LogP contribution >= 0.6 is 11.6 Å². The number of carbonyl (C=O) groups excluding carboxylic acids is 1. The minimum absolute atomic E-state index is 0.196. The number of fused-ring (bicyclic) bond motifs is 1. The summed E-state index contributed by atoms with van der Waals surface area (Å²) in [6, 6.07) is 14.0. The van der Waals surface area contributed by atoms with Crippen molar-refractivity contribution in [1.82, 2.24) is 0 Å². The molecule has 28 heavy (non-hydrogen) atoms. The Labute approximate surface area is 167 Å². The zero-order valence-corrected chi connectivity index (χ0v) is 15.9. The zero-order chi connectivity index (χ0) is 19.5. The summed E-state index contributed by atoms with van der Waals surface area (Å²) in [5.41, 5.74) is 1.52. The highest BCUT2D eigenvalue weighted by Gasteiger charge is 2.15. The Balaban J connectivity index is 1.39. The lowest BCUT2D eigenvalue weighted by molar-refractivity contribution is 0.0992. The van der Waals surface area contributed by atoms with E-state index in [0.717, 1.165) is 5.56 Å². The van der Waals surface area contributed by atoms with Gasteiger partial charge in [0.2, 0.25) is 0 Å². The maximum absolute atomic E-state index is 12.4. The molecule has 0 spiro atoms. The van der Waals surface area contributed by atoms with Gasteiger partial charge >= 0.3 is 0 Å². The lowest BCUT2D eigenvalue weighted by atomic mass is 10.2. The number of halogens is 1. The molecule has 1 aliphatic rings. The molecule has 0 bridgehead atoms. The van der Waals surface area contributed by atoms with Gasteiger partial charge in [0.05, 0.1) is 0 Å². The Morgan fingerprint density at radius 1 is 1.07 bits per heavy atom. The van der Waals surface area contributed by atoms with Gasteiger partial charge in [-0.05, 0) is 55.0 Å². The number of furan rings is 1. The fourth-order valence-electron chi connectivity index (χ4n) is 2.81. The van der Waals surface area contributed by atoms with E-state index >= 15 is 0 Å². The highest BCUT2D eigenvalue weighted by Crippen LogP contribution is 2.32. The van der Waals surface area contributed by atoms with Gasteiger partial charge in [-0.15, -0.1) is 0 Å². The molecular formula is C21H18ClNO5. The van der Waals surface area contributed by atoms with Crippen molar-refractivity contribution < 1.29 is 23.4 Å². The van der Waals surface area contributed by atoms with Gasteiger partial charge in [0, 0.05) is 16.8 Å². The van der Waals surface area contributed by atoms with Crippen LogP contribution in [0.25, 0.3) is 0 Å². The molecule has 7 heteroatoms. The van der Waals surface area contributed by atoms with Crippen molar-refractivity contribution in [3.63, 3.8) is 0 Å². The van der Waals surface area contributed by atoms with Gasteiger partial charge in [0.25, 0.3) is 5.91 Å². The number of hydrogen-bond donors (Lipinski definition) is 1. The molecule has 1 aliphatic heterocycles. The van der Waals surface area contributed by atoms with E-state index in [0.29, 0.717) is 46.9 Å². The number of benzene rings is 2. The molecule has 144 valence electrons. The van der Waals surface area contributed by atoms with Crippen LogP contribution in [0.2, 0.25) is 5.02 Å². The summed E-state index contributed by atoms with van der Waals surface area (Å²) in [4.78, 5) is 12.4. The third-order valence-corrected chi connectivity index (χ3v) is 4.43. The highest BCUT2D eigenvalue weighted by atomic mass is 35.5. The Kier molecular flexibility index (Phi) is 5.12. The van der Waals surface area contributed by atoms with Crippen LogP contribution in [0.4, 0.5) is 5.69 Å². The highest BCUT2D eigenvalue weighted by molar-refractivity contribution is 6.30. The minimum atomic E-state index is -0.356. The molecule has 1 amide bonds. The normalized spacial score (nSPS) is 12.5. The van der Waals surface area contributed by atoms with Crippen molar-refractivity contribution >= 4 is 23.2 Å². The molecule has 2 heterocycles. The number of anilines is 1. The SMILES string of the molecule is Cc1cc(Cl)ccc1OCc1ccc(C(=O)Nc2ccc3c(c2)OCCO3)o1. The quantitative estimate of drug-likeness (QED) is 0.664. The van der Waals surface area contributed by atoms with E-state index in [4.69, 9.17) is 30.2 Å². The van der Waals surface area contributed by atoms with Crippen LogP contribution in [0.3, 0.4) is 0 Å². The number of carbonyl (C=O) groups is 1. The van der Waals surface area contributed by atoms with E-state index in [-0.39, 0.29) is 18.3 Å². The zero-order valence-electron chi connectivity index (χ0n) is 15.2. The molecular weight excluding hydrogens is 382 g/mol. The first-order valence-corrected chi connectivity index (χ1v) is 9.15. The predicted octanol–water partition coefficient (Wildman–Crippen LogP) is 4.84. The van der Waals surface area contributed by atoms with Gasteiger partial charge in [-0.2, -0.15) is 0 Å². The fourth-order valence-corrected chi connectivity index (χ4v) is 3.04. The van der Waals surface area contributed by atoms with Crippen LogP contribution in [0.1, 0.15) is 21.9 Å². The lowest BCUT2D eigenvalue weighted by Gasteiger charge is -2.18. The third kappa shape index (κ3) is 4.07. The van der Waals surface area contributed by atoms with Crippen molar-refractivity contribution in [2.45, 2.75) is 13.5 Å². The molecule has 0 atom stereocenters. The van der Waals surface area contributed by atoms with Crippen molar-refractivity contribution in [3.8, 4) is 17.2 Å². The summed E-state index contributed by atoms with van der Waals surface area (Å²) >= 11 is 5.94. The van der Waals surface area contributed by atoms with Crippen LogP contribution in [0.5, 0.6) is 17.2 Å². The van der Waals surface area contributed by atoms with E-state index in [2.05, 4.69) is 5.32 Å².